The zero-order valence-electron chi connectivity index (χ0n) is 21.5. The summed E-state index contributed by atoms with van der Waals surface area (Å²) in [6, 6.07) is 26.3. The number of carbonyl (C=O) groups excluding carboxylic acids is 1. The Morgan fingerprint density at radius 2 is 1.56 bits per heavy atom. The van der Waals surface area contributed by atoms with E-state index in [0.717, 1.165) is 34.5 Å². The van der Waals surface area contributed by atoms with Crippen LogP contribution in [0.15, 0.2) is 97.1 Å². The second-order valence-electron chi connectivity index (χ2n) is 9.61. The van der Waals surface area contributed by atoms with Crippen LogP contribution >= 0.6 is 0 Å². The van der Waals surface area contributed by atoms with Gasteiger partial charge in [0, 0.05) is 18.5 Å². The number of halogens is 2. The molecular weight excluding hydrogens is 526 g/mol. The number of amides is 1. The molecule has 9 heteroatoms. The van der Waals surface area contributed by atoms with Gasteiger partial charge in [-0.05, 0) is 69.9 Å². The minimum atomic E-state index is -1.05. The second-order valence-corrected chi connectivity index (χ2v) is 9.61. The SMILES string of the molecule is O=C(O)c1ccc(CNC(=O)c2cc(-c3cc(F)ccc3F)cc3nnc(Cc4ccc5ccccc5c4)n23)cc1. The van der Waals surface area contributed by atoms with E-state index in [1.165, 1.54) is 18.2 Å². The topological polar surface area (TPSA) is 96.6 Å². The van der Waals surface area contributed by atoms with Crippen LogP contribution in [0.1, 0.15) is 37.8 Å². The Morgan fingerprint density at radius 1 is 0.805 bits per heavy atom. The molecule has 2 aromatic heterocycles. The van der Waals surface area contributed by atoms with Gasteiger partial charge in [-0.2, -0.15) is 0 Å². The summed E-state index contributed by atoms with van der Waals surface area (Å²) in [5.74, 6) is -2.30. The molecule has 0 atom stereocenters. The van der Waals surface area contributed by atoms with Crippen molar-refractivity contribution in [2.45, 2.75) is 13.0 Å². The molecule has 0 saturated heterocycles. The standard InChI is InChI=1S/C32H22F2N4O3/c33-25-11-12-27(34)26(17-25)24-15-28(31(39)35-18-19-5-9-22(10-6-19)32(40)41)38-29(36-37-30(38)16-24)14-20-7-8-21-3-1-2-4-23(21)13-20/h1-13,15-17H,14,18H2,(H,35,39)(H,40,41). The van der Waals surface area contributed by atoms with Crippen molar-refractivity contribution in [3.8, 4) is 11.1 Å². The molecule has 4 aromatic carbocycles. The smallest absolute Gasteiger partial charge is 0.335 e. The first kappa shape index (κ1) is 25.8. The molecule has 0 spiro atoms. The van der Waals surface area contributed by atoms with E-state index in [0.29, 0.717) is 23.5 Å². The number of nitrogens with zero attached hydrogens (tertiary/aromatic N) is 3. The van der Waals surface area contributed by atoms with Gasteiger partial charge in [-0.25, -0.2) is 13.6 Å². The molecule has 0 aliphatic heterocycles. The number of pyridine rings is 1. The van der Waals surface area contributed by atoms with E-state index in [-0.39, 0.29) is 28.9 Å². The maximum Gasteiger partial charge on any atom is 0.335 e. The number of nitrogens with one attached hydrogen (secondary N) is 1. The molecule has 6 aromatic rings. The molecule has 2 N–H and O–H groups in total. The Morgan fingerprint density at radius 3 is 2.34 bits per heavy atom. The largest absolute Gasteiger partial charge is 0.478 e. The van der Waals surface area contributed by atoms with Crippen LogP contribution in [-0.4, -0.2) is 31.6 Å². The molecule has 7 nitrogen and oxygen atoms in total. The fraction of sp³-hybridized carbons (Fsp3) is 0.0625. The van der Waals surface area contributed by atoms with E-state index in [2.05, 4.69) is 15.5 Å². The molecule has 41 heavy (non-hydrogen) atoms. The van der Waals surface area contributed by atoms with Gasteiger partial charge in [0.2, 0.25) is 0 Å². The van der Waals surface area contributed by atoms with Crippen LogP contribution in [0.25, 0.3) is 27.5 Å². The zero-order valence-corrected chi connectivity index (χ0v) is 21.5. The monoisotopic (exact) mass is 548 g/mol. The third-order valence-corrected chi connectivity index (χ3v) is 6.87. The highest BCUT2D eigenvalue weighted by Crippen LogP contribution is 2.27. The minimum Gasteiger partial charge on any atom is -0.478 e. The van der Waals surface area contributed by atoms with Crippen LogP contribution in [0.5, 0.6) is 0 Å². The lowest BCUT2D eigenvalue weighted by Gasteiger charge is -2.12. The minimum absolute atomic E-state index is 0.00936. The van der Waals surface area contributed by atoms with Crippen molar-refractivity contribution >= 4 is 28.3 Å². The van der Waals surface area contributed by atoms with Crippen molar-refractivity contribution in [3.63, 3.8) is 0 Å². The molecule has 2 heterocycles. The predicted molar refractivity (Wildman–Crippen MR) is 150 cm³/mol. The summed E-state index contributed by atoms with van der Waals surface area (Å²) in [6.45, 7) is 0.112. The average Bonchev–Trinajstić information content (AvgIpc) is 3.39. The summed E-state index contributed by atoms with van der Waals surface area (Å²) in [5, 5.41) is 22.7. The number of hydrogen-bond acceptors (Lipinski definition) is 4. The normalized spacial score (nSPS) is 11.2. The third kappa shape index (κ3) is 5.25. The first-order chi connectivity index (χ1) is 19.9. The van der Waals surface area contributed by atoms with Crippen molar-refractivity contribution in [2.75, 3.05) is 0 Å². The molecule has 0 saturated carbocycles. The molecule has 0 radical (unpaired) electrons. The van der Waals surface area contributed by atoms with Crippen molar-refractivity contribution in [1.29, 1.82) is 0 Å². The molecule has 0 aliphatic rings. The number of aromatic carboxylic acids is 1. The van der Waals surface area contributed by atoms with Gasteiger partial charge in [0.25, 0.3) is 5.91 Å². The summed E-state index contributed by atoms with van der Waals surface area (Å²) in [5.41, 5.74) is 2.49. The average molecular weight is 549 g/mol. The fourth-order valence-electron chi connectivity index (χ4n) is 4.80. The quantitative estimate of drug-likeness (QED) is 0.253. The van der Waals surface area contributed by atoms with Gasteiger partial charge in [-0.3, -0.25) is 9.20 Å². The van der Waals surface area contributed by atoms with Crippen LogP contribution in [0, 0.1) is 11.6 Å². The Bertz CT molecular complexity index is 1950. The molecule has 6 rings (SSSR count). The molecule has 1 amide bonds. The van der Waals surface area contributed by atoms with Gasteiger partial charge in [0.1, 0.15) is 23.2 Å². The van der Waals surface area contributed by atoms with Crippen molar-refractivity contribution in [3.05, 3.63) is 137 Å². The maximum absolute atomic E-state index is 14.7. The fourth-order valence-corrected chi connectivity index (χ4v) is 4.80. The number of hydrogen-bond donors (Lipinski definition) is 2. The first-order valence-corrected chi connectivity index (χ1v) is 12.8. The first-order valence-electron chi connectivity index (χ1n) is 12.8. The van der Waals surface area contributed by atoms with E-state index in [4.69, 9.17) is 5.11 Å². The van der Waals surface area contributed by atoms with Crippen LogP contribution in [0.2, 0.25) is 0 Å². The van der Waals surface area contributed by atoms with Crippen LogP contribution < -0.4 is 5.32 Å². The van der Waals surface area contributed by atoms with Gasteiger partial charge in [0.05, 0.1) is 5.56 Å². The molecule has 0 fully saturated rings. The highest BCUT2D eigenvalue weighted by Gasteiger charge is 2.20. The van der Waals surface area contributed by atoms with E-state index in [1.807, 2.05) is 42.5 Å². The second kappa shape index (κ2) is 10.6. The van der Waals surface area contributed by atoms with Gasteiger partial charge < -0.3 is 10.4 Å². The Hall–Kier alpha value is -5.44. The number of benzene rings is 4. The number of carboxylic acid groups (broad SMARTS) is 1. The zero-order chi connectivity index (χ0) is 28.5. The number of aromatic nitrogens is 3. The number of fused-ring (bicyclic) bond motifs is 2. The lowest BCUT2D eigenvalue weighted by atomic mass is 10.0. The van der Waals surface area contributed by atoms with Crippen LogP contribution in [-0.2, 0) is 13.0 Å². The van der Waals surface area contributed by atoms with Gasteiger partial charge >= 0.3 is 5.97 Å². The van der Waals surface area contributed by atoms with E-state index in [9.17, 15) is 18.4 Å². The highest BCUT2D eigenvalue weighted by molar-refractivity contribution is 5.95. The van der Waals surface area contributed by atoms with Crippen LogP contribution in [0.3, 0.4) is 0 Å². The maximum atomic E-state index is 14.7. The van der Waals surface area contributed by atoms with Gasteiger partial charge in [0.15, 0.2) is 5.65 Å². The van der Waals surface area contributed by atoms with Crippen LogP contribution in [0.4, 0.5) is 8.78 Å². The molecule has 0 bridgehead atoms. The Kier molecular flexibility index (Phi) is 6.68. The lowest BCUT2D eigenvalue weighted by Crippen LogP contribution is -2.25. The lowest BCUT2D eigenvalue weighted by molar-refractivity contribution is 0.0696. The van der Waals surface area contributed by atoms with E-state index in [1.54, 1.807) is 22.6 Å². The number of rotatable bonds is 7. The van der Waals surface area contributed by atoms with Gasteiger partial charge in [-0.15, -0.1) is 10.2 Å². The number of carbonyl (C=O) groups is 2. The summed E-state index contributed by atoms with van der Waals surface area (Å²) in [7, 11) is 0. The molecule has 0 unspecified atom stereocenters. The van der Waals surface area contributed by atoms with E-state index >= 15 is 0 Å². The predicted octanol–water partition coefficient (Wildman–Crippen LogP) is 6.05. The highest BCUT2D eigenvalue weighted by atomic mass is 19.1. The van der Waals surface area contributed by atoms with Gasteiger partial charge in [-0.1, -0.05) is 54.6 Å². The summed E-state index contributed by atoms with van der Waals surface area (Å²) >= 11 is 0. The molecule has 202 valence electrons. The summed E-state index contributed by atoms with van der Waals surface area (Å²) in [6.07, 6.45) is 0.372. The molecule has 0 aliphatic carbocycles. The van der Waals surface area contributed by atoms with Crippen molar-refractivity contribution < 1.29 is 23.5 Å². The third-order valence-electron chi connectivity index (χ3n) is 6.87. The van der Waals surface area contributed by atoms with E-state index < -0.39 is 23.5 Å². The number of carboxylic acids is 1. The Balaban J connectivity index is 1.40. The Labute approximate surface area is 232 Å². The van der Waals surface area contributed by atoms with Crippen molar-refractivity contribution in [1.82, 2.24) is 19.9 Å². The summed E-state index contributed by atoms with van der Waals surface area (Å²) < 4.78 is 30.4. The van der Waals surface area contributed by atoms with Crippen molar-refractivity contribution in [2.24, 2.45) is 0 Å². The molecular formula is C32H22F2N4O3. The summed E-state index contributed by atoms with van der Waals surface area (Å²) in [4.78, 5) is 24.7.